The van der Waals surface area contributed by atoms with Crippen LogP contribution in [0, 0.1) is 0 Å². The molecule has 4 nitrogen and oxygen atoms in total. The average Bonchev–Trinajstić information content (AvgIpc) is 2.91. The second kappa shape index (κ2) is 4.40. The van der Waals surface area contributed by atoms with Crippen LogP contribution in [0.2, 0.25) is 0 Å². The number of ether oxygens (including phenoxy) is 1. The number of fused-ring (bicyclic) bond motifs is 1. The average molecular weight is 283 g/mol. The molecule has 0 radical (unpaired) electrons. The number of anilines is 1. The van der Waals surface area contributed by atoms with Crippen LogP contribution in [0.25, 0.3) is 10.2 Å². The predicted molar refractivity (Wildman–Crippen MR) is 72.8 cm³/mol. The zero-order valence-electron chi connectivity index (χ0n) is 9.72. The molecule has 1 aliphatic heterocycles. The van der Waals surface area contributed by atoms with E-state index in [0.29, 0.717) is 18.1 Å². The molecule has 2 aromatic rings. The summed E-state index contributed by atoms with van der Waals surface area (Å²) in [5.41, 5.74) is 0.797. The summed E-state index contributed by atoms with van der Waals surface area (Å²) in [7, 11) is 1.61. The lowest BCUT2D eigenvalue weighted by Crippen LogP contribution is -2.24. The van der Waals surface area contributed by atoms with E-state index in [1.165, 1.54) is 11.3 Å². The van der Waals surface area contributed by atoms with E-state index in [1.807, 2.05) is 18.2 Å². The van der Waals surface area contributed by atoms with Crippen LogP contribution in [0.1, 0.15) is 6.42 Å². The maximum atomic E-state index is 11.8. The molecule has 1 amide bonds. The fourth-order valence-corrected chi connectivity index (χ4v) is 3.32. The van der Waals surface area contributed by atoms with Crippen LogP contribution < -0.4 is 9.64 Å². The highest BCUT2D eigenvalue weighted by molar-refractivity contribution is 7.22. The van der Waals surface area contributed by atoms with Gasteiger partial charge < -0.3 is 4.74 Å². The molecule has 0 bridgehead atoms. The number of rotatable bonds is 2. The van der Waals surface area contributed by atoms with E-state index in [0.717, 1.165) is 16.0 Å². The molecule has 6 heteroatoms. The van der Waals surface area contributed by atoms with E-state index >= 15 is 0 Å². The van der Waals surface area contributed by atoms with Crippen molar-refractivity contribution in [3.05, 3.63) is 18.2 Å². The van der Waals surface area contributed by atoms with Gasteiger partial charge in [-0.15, -0.1) is 11.6 Å². The number of thiazole rings is 1. The van der Waals surface area contributed by atoms with Crippen LogP contribution in [-0.4, -0.2) is 29.9 Å². The fourth-order valence-electron chi connectivity index (χ4n) is 2.04. The van der Waals surface area contributed by atoms with Crippen molar-refractivity contribution in [1.29, 1.82) is 0 Å². The maximum absolute atomic E-state index is 11.8. The SMILES string of the molecule is COc1cccc2sc(N3CC(Cl)CC3=O)nc12. The lowest BCUT2D eigenvalue weighted by molar-refractivity contribution is -0.117. The number of aromatic nitrogens is 1. The van der Waals surface area contributed by atoms with Crippen LogP contribution in [-0.2, 0) is 4.79 Å². The second-order valence-electron chi connectivity index (χ2n) is 4.11. The Morgan fingerprint density at radius 3 is 3.06 bits per heavy atom. The molecule has 1 saturated heterocycles. The van der Waals surface area contributed by atoms with E-state index in [1.54, 1.807) is 12.0 Å². The Balaban J connectivity index is 2.06. The minimum Gasteiger partial charge on any atom is -0.494 e. The lowest BCUT2D eigenvalue weighted by atomic mass is 10.3. The molecule has 1 aliphatic rings. The summed E-state index contributed by atoms with van der Waals surface area (Å²) in [4.78, 5) is 17.9. The molecular formula is C12H11ClN2O2S. The van der Waals surface area contributed by atoms with Gasteiger partial charge in [-0.1, -0.05) is 17.4 Å². The third-order valence-corrected chi connectivity index (χ3v) is 4.24. The largest absolute Gasteiger partial charge is 0.494 e. The van der Waals surface area contributed by atoms with E-state index in [2.05, 4.69) is 4.98 Å². The molecule has 2 heterocycles. The van der Waals surface area contributed by atoms with Gasteiger partial charge in [0.1, 0.15) is 11.3 Å². The smallest absolute Gasteiger partial charge is 0.230 e. The molecule has 0 aliphatic carbocycles. The van der Waals surface area contributed by atoms with Crippen LogP contribution in [0.15, 0.2) is 18.2 Å². The summed E-state index contributed by atoms with van der Waals surface area (Å²) in [6.07, 6.45) is 0.384. The number of carbonyl (C=O) groups excluding carboxylic acids is 1. The maximum Gasteiger partial charge on any atom is 0.230 e. The van der Waals surface area contributed by atoms with Crippen LogP contribution in [0.4, 0.5) is 5.13 Å². The van der Waals surface area contributed by atoms with Crippen molar-refractivity contribution in [3.63, 3.8) is 0 Å². The van der Waals surface area contributed by atoms with Gasteiger partial charge in [-0.2, -0.15) is 0 Å². The van der Waals surface area contributed by atoms with Crippen molar-refractivity contribution in [2.24, 2.45) is 0 Å². The van der Waals surface area contributed by atoms with Crippen LogP contribution in [0.3, 0.4) is 0 Å². The Hall–Kier alpha value is -1.33. The Bertz CT molecular complexity index is 613. The number of carbonyl (C=O) groups is 1. The van der Waals surface area contributed by atoms with Gasteiger partial charge in [-0.25, -0.2) is 4.98 Å². The molecule has 18 heavy (non-hydrogen) atoms. The Morgan fingerprint density at radius 2 is 2.39 bits per heavy atom. The van der Waals surface area contributed by atoms with Crippen molar-refractivity contribution >= 4 is 44.2 Å². The zero-order chi connectivity index (χ0) is 12.7. The number of hydrogen-bond donors (Lipinski definition) is 0. The van der Waals surface area contributed by atoms with Crippen molar-refractivity contribution in [2.75, 3.05) is 18.6 Å². The molecule has 1 unspecified atom stereocenters. The summed E-state index contributed by atoms with van der Waals surface area (Å²) in [5, 5.41) is 0.578. The van der Waals surface area contributed by atoms with E-state index in [-0.39, 0.29) is 11.3 Å². The zero-order valence-corrected chi connectivity index (χ0v) is 11.3. The lowest BCUT2D eigenvalue weighted by Gasteiger charge is -2.10. The predicted octanol–water partition coefficient (Wildman–Crippen LogP) is 2.65. The molecule has 94 valence electrons. The highest BCUT2D eigenvalue weighted by Gasteiger charge is 2.31. The number of benzene rings is 1. The quantitative estimate of drug-likeness (QED) is 0.795. The van der Waals surface area contributed by atoms with Crippen molar-refractivity contribution in [1.82, 2.24) is 4.98 Å². The molecule has 0 N–H and O–H groups in total. The fraction of sp³-hybridized carbons (Fsp3) is 0.333. The Labute approximate surface area is 113 Å². The molecule has 3 rings (SSSR count). The summed E-state index contributed by atoms with van der Waals surface area (Å²) in [6, 6.07) is 5.75. The number of para-hydroxylation sites is 1. The second-order valence-corrected chi connectivity index (χ2v) is 5.74. The number of methoxy groups -OCH3 is 1. The molecule has 1 fully saturated rings. The number of amides is 1. The Morgan fingerprint density at radius 1 is 1.56 bits per heavy atom. The number of halogens is 1. The minimum absolute atomic E-state index is 0.0352. The Kier molecular flexibility index (Phi) is 2.87. The van der Waals surface area contributed by atoms with E-state index in [4.69, 9.17) is 16.3 Å². The van der Waals surface area contributed by atoms with Gasteiger partial charge in [0.2, 0.25) is 5.91 Å². The molecule has 1 aromatic heterocycles. The normalized spacial score (nSPS) is 19.8. The van der Waals surface area contributed by atoms with E-state index < -0.39 is 0 Å². The molecule has 0 saturated carbocycles. The first-order valence-electron chi connectivity index (χ1n) is 5.57. The van der Waals surface area contributed by atoms with Crippen molar-refractivity contribution < 1.29 is 9.53 Å². The molecular weight excluding hydrogens is 272 g/mol. The summed E-state index contributed by atoms with van der Waals surface area (Å²) >= 11 is 7.48. The number of alkyl halides is 1. The van der Waals surface area contributed by atoms with Gasteiger partial charge >= 0.3 is 0 Å². The van der Waals surface area contributed by atoms with Crippen LogP contribution >= 0.6 is 22.9 Å². The highest BCUT2D eigenvalue weighted by atomic mass is 35.5. The van der Waals surface area contributed by atoms with Gasteiger partial charge in [-0.3, -0.25) is 9.69 Å². The van der Waals surface area contributed by atoms with Gasteiger partial charge in [-0.05, 0) is 12.1 Å². The first-order chi connectivity index (χ1) is 8.69. The standard InChI is InChI=1S/C12H11ClN2O2S/c1-17-8-3-2-4-9-11(8)14-12(18-9)15-6-7(13)5-10(15)16/h2-4,7H,5-6H2,1H3. The third kappa shape index (κ3) is 1.83. The number of hydrogen-bond acceptors (Lipinski definition) is 4. The van der Waals surface area contributed by atoms with Gasteiger partial charge in [0.25, 0.3) is 0 Å². The van der Waals surface area contributed by atoms with Crippen molar-refractivity contribution in [2.45, 2.75) is 11.8 Å². The minimum atomic E-state index is -0.119. The van der Waals surface area contributed by atoms with Gasteiger partial charge in [0, 0.05) is 13.0 Å². The van der Waals surface area contributed by atoms with Gasteiger partial charge in [0.05, 0.1) is 17.2 Å². The first kappa shape index (κ1) is 11.7. The highest BCUT2D eigenvalue weighted by Crippen LogP contribution is 2.35. The number of nitrogens with zero attached hydrogens (tertiary/aromatic N) is 2. The monoisotopic (exact) mass is 282 g/mol. The molecule has 0 spiro atoms. The summed E-state index contributed by atoms with van der Waals surface area (Å²) in [6.45, 7) is 0.530. The molecule has 1 atom stereocenters. The third-order valence-electron chi connectivity index (χ3n) is 2.90. The topological polar surface area (TPSA) is 42.4 Å². The first-order valence-corrected chi connectivity index (χ1v) is 6.82. The van der Waals surface area contributed by atoms with Gasteiger partial charge in [0.15, 0.2) is 5.13 Å². The van der Waals surface area contributed by atoms with Crippen LogP contribution in [0.5, 0.6) is 5.75 Å². The van der Waals surface area contributed by atoms with Crippen molar-refractivity contribution in [3.8, 4) is 5.75 Å². The summed E-state index contributed by atoms with van der Waals surface area (Å²) < 4.78 is 6.28. The molecule has 1 aromatic carbocycles. The summed E-state index contributed by atoms with van der Waals surface area (Å²) in [5.74, 6) is 0.761. The van der Waals surface area contributed by atoms with E-state index in [9.17, 15) is 4.79 Å².